The summed E-state index contributed by atoms with van der Waals surface area (Å²) in [5, 5.41) is 5.31. The smallest absolute Gasteiger partial charge is 0.254 e. The van der Waals surface area contributed by atoms with E-state index in [4.69, 9.17) is 9.47 Å². The molecule has 156 valence electrons. The highest BCUT2D eigenvalue weighted by molar-refractivity contribution is 9.10. The number of ether oxygens (including phenoxy) is 2. The van der Waals surface area contributed by atoms with Gasteiger partial charge in [-0.2, -0.15) is 0 Å². The number of nitrogens with one attached hydrogen (secondary N) is 2. The lowest BCUT2D eigenvalue weighted by Crippen LogP contribution is -2.35. The zero-order valence-electron chi connectivity index (χ0n) is 16.4. The number of amides is 2. The molecule has 29 heavy (non-hydrogen) atoms. The van der Waals surface area contributed by atoms with Crippen LogP contribution < -0.4 is 20.1 Å². The Hall–Kier alpha value is -2.61. The third kappa shape index (κ3) is 6.74. The van der Waals surface area contributed by atoms with Gasteiger partial charge in [0.2, 0.25) is 5.91 Å². The van der Waals surface area contributed by atoms with Crippen LogP contribution in [-0.2, 0) is 11.2 Å². The van der Waals surface area contributed by atoms with Gasteiger partial charge in [-0.3, -0.25) is 9.59 Å². The van der Waals surface area contributed by atoms with E-state index in [-0.39, 0.29) is 31.0 Å². The van der Waals surface area contributed by atoms with Crippen LogP contribution in [0.1, 0.15) is 29.8 Å². The Morgan fingerprint density at radius 2 is 1.62 bits per heavy atom. The summed E-state index contributed by atoms with van der Waals surface area (Å²) in [6.45, 7) is 5.16. The monoisotopic (exact) mass is 466 g/mol. The molecule has 0 aliphatic carbocycles. The molecule has 0 radical (unpaired) electrons. The van der Waals surface area contributed by atoms with Gasteiger partial charge in [-0.15, -0.1) is 0 Å². The van der Waals surface area contributed by atoms with E-state index in [9.17, 15) is 14.0 Å². The van der Waals surface area contributed by atoms with E-state index in [0.717, 1.165) is 10.0 Å². The molecular formula is C21H24BrFN2O4. The van der Waals surface area contributed by atoms with Crippen LogP contribution in [0.2, 0.25) is 0 Å². The number of carbonyl (C=O) groups excluding carboxylic acids is 2. The van der Waals surface area contributed by atoms with Crippen LogP contribution in [0.4, 0.5) is 4.39 Å². The molecule has 0 aromatic heterocycles. The van der Waals surface area contributed by atoms with Gasteiger partial charge in [-0.25, -0.2) is 4.39 Å². The zero-order valence-corrected chi connectivity index (χ0v) is 18.0. The first-order valence-electron chi connectivity index (χ1n) is 9.33. The van der Waals surface area contributed by atoms with Crippen molar-refractivity contribution in [1.82, 2.24) is 10.6 Å². The number of carbonyl (C=O) groups is 2. The number of rotatable bonds is 10. The fourth-order valence-electron chi connectivity index (χ4n) is 2.60. The van der Waals surface area contributed by atoms with Crippen molar-refractivity contribution in [2.45, 2.75) is 20.3 Å². The predicted octanol–water partition coefficient (Wildman–Crippen LogP) is 3.47. The Kier molecular flexibility index (Phi) is 8.92. The van der Waals surface area contributed by atoms with Crippen molar-refractivity contribution < 1.29 is 23.5 Å². The van der Waals surface area contributed by atoms with Gasteiger partial charge in [0.15, 0.2) is 11.5 Å². The summed E-state index contributed by atoms with van der Waals surface area (Å²) in [4.78, 5) is 24.2. The van der Waals surface area contributed by atoms with Gasteiger partial charge in [0.25, 0.3) is 5.91 Å². The molecular weight excluding hydrogens is 443 g/mol. The molecule has 0 spiro atoms. The average molecular weight is 467 g/mol. The zero-order chi connectivity index (χ0) is 21.2. The van der Waals surface area contributed by atoms with Crippen molar-refractivity contribution in [2.24, 2.45) is 0 Å². The van der Waals surface area contributed by atoms with Gasteiger partial charge in [-0.1, -0.05) is 28.1 Å². The topological polar surface area (TPSA) is 76.7 Å². The predicted molar refractivity (Wildman–Crippen MR) is 112 cm³/mol. The minimum absolute atomic E-state index is 0.0272. The van der Waals surface area contributed by atoms with E-state index in [1.807, 2.05) is 13.8 Å². The normalized spacial score (nSPS) is 10.3. The van der Waals surface area contributed by atoms with E-state index >= 15 is 0 Å². The molecule has 0 bridgehead atoms. The highest BCUT2D eigenvalue weighted by atomic mass is 79.9. The number of halogens is 2. The number of benzene rings is 2. The highest BCUT2D eigenvalue weighted by Crippen LogP contribution is 2.34. The summed E-state index contributed by atoms with van der Waals surface area (Å²) in [5.74, 6) is -0.122. The first kappa shape index (κ1) is 22.7. The summed E-state index contributed by atoms with van der Waals surface area (Å²) in [5.41, 5.74) is 0.727. The molecule has 0 heterocycles. The lowest BCUT2D eigenvalue weighted by molar-refractivity contribution is -0.120. The van der Waals surface area contributed by atoms with E-state index in [1.54, 1.807) is 18.2 Å². The Balaban J connectivity index is 1.86. The second-order valence-corrected chi connectivity index (χ2v) is 6.87. The molecule has 0 aliphatic rings. The lowest BCUT2D eigenvalue weighted by Gasteiger charge is -2.14. The third-order valence-corrected chi connectivity index (χ3v) is 4.65. The third-order valence-electron chi connectivity index (χ3n) is 3.91. The minimum atomic E-state index is -0.584. The maximum atomic E-state index is 13.6. The second-order valence-electron chi connectivity index (χ2n) is 6.02. The second kappa shape index (κ2) is 11.4. The van der Waals surface area contributed by atoms with E-state index in [0.29, 0.717) is 24.7 Å². The Morgan fingerprint density at radius 3 is 2.28 bits per heavy atom. The van der Waals surface area contributed by atoms with Gasteiger partial charge in [-0.05, 0) is 43.7 Å². The van der Waals surface area contributed by atoms with Gasteiger partial charge < -0.3 is 20.1 Å². The summed E-state index contributed by atoms with van der Waals surface area (Å²) in [6, 6.07) is 9.29. The standard InChI is InChI=1S/C21H24BrFN2O4/c1-3-28-18-11-14(16(22)13-19(18)29-4-2)12-20(26)24-9-10-25-21(27)15-7-5-6-8-17(15)23/h5-8,11,13H,3-4,9-10,12H2,1-2H3,(H,24,26)(H,25,27). The van der Waals surface area contributed by atoms with E-state index < -0.39 is 11.7 Å². The van der Waals surface area contributed by atoms with E-state index in [2.05, 4.69) is 26.6 Å². The van der Waals surface area contributed by atoms with Crippen LogP contribution in [0.25, 0.3) is 0 Å². The maximum absolute atomic E-state index is 13.6. The molecule has 0 unspecified atom stereocenters. The van der Waals surface area contributed by atoms with Crippen LogP contribution in [-0.4, -0.2) is 38.1 Å². The molecule has 8 heteroatoms. The Labute approximate surface area is 177 Å². The largest absolute Gasteiger partial charge is 0.490 e. The van der Waals surface area contributed by atoms with Crippen molar-refractivity contribution >= 4 is 27.7 Å². The van der Waals surface area contributed by atoms with Crippen LogP contribution in [0, 0.1) is 5.82 Å². The summed E-state index contributed by atoms with van der Waals surface area (Å²) in [7, 11) is 0. The van der Waals surface area contributed by atoms with Gasteiger partial charge >= 0.3 is 0 Å². The molecule has 0 saturated heterocycles. The summed E-state index contributed by atoms with van der Waals surface area (Å²) < 4.78 is 25.5. The van der Waals surface area contributed by atoms with Crippen molar-refractivity contribution in [2.75, 3.05) is 26.3 Å². The molecule has 2 aromatic carbocycles. The lowest BCUT2D eigenvalue weighted by atomic mass is 10.1. The van der Waals surface area contributed by atoms with Crippen LogP contribution in [0.15, 0.2) is 40.9 Å². The number of hydrogen-bond donors (Lipinski definition) is 2. The molecule has 0 atom stereocenters. The summed E-state index contributed by atoms with van der Waals surface area (Å²) in [6.07, 6.45) is 0.133. The molecule has 0 aliphatic heterocycles. The van der Waals surface area contributed by atoms with Crippen LogP contribution in [0.3, 0.4) is 0 Å². The van der Waals surface area contributed by atoms with Crippen LogP contribution in [0.5, 0.6) is 11.5 Å². The van der Waals surface area contributed by atoms with Gasteiger partial charge in [0.1, 0.15) is 5.82 Å². The van der Waals surface area contributed by atoms with Crippen molar-refractivity contribution in [3.63, 3.8) is 0 Å². The SMILES string of the molecule is CCOc1cc(Br)c(CC(=O)NCCNC(=O)c2ccccc2F)cc1OCC. The molecule has 2 rings (SSSR count). The first-order valence-corrected chi connectivity index (χ1v) is 10.1. The molecule has 0 saturated carbocycles. The molecule has 0 fully saturated rings. The van der Waals surface area contributed by atoms with Gasteiger partial charge in [0, 0.05) is 17.6 Å². The fraction of sp³-hybridized carbons (Fsp3) is 0.333. The Bertz CT molecular complexity index is 861. The minimum Gasteiger partial charge on any atom is -0.490 e. The van der Waals surface area contributed by atoms with Crippen molar-refractivity contribution in [1.29, 1.82) is 0 Å². The number of hydrogen-bond acceptors (Lipinski definition) is 4. The van der Waals surface area contributed by atoms with Crippen LogP contribution >= 0.6 is 15.9 Å². The molecule has 6 nitrogen and oxygen atoms in total. The van der Waals surface area contributed by atoms with Gasteiger partial charge in [0.05, 0.1) is 25.2 Å². The summed E-state index contributed by atoms with van der Waals surface area (Å²) >= 11 is 3.46. The van der Waals surface area contributed by atoms with Crippen molar-refractivity contribution in [3.8, 4) is 11.5 Å². The molecule has 2 N–H and O–H groups in total. The molecule has 2 aromatic rings. The van der Waals surface area contributed by atoms with E-state index in [1.165, 1.54) is 18.2 Å². The van der Waals surface area contributed by atoms with Crippen molar-refractivity contribution in [3.05, 3.63) is 57.8 Å². The molecule has 2 amide bonds. The Morgan fingerprint density at radius 1 is 1.00 bits per heavy atom. The average Bonchev–Trinajstić information content (AvgIpc) is 2.69. The first-order chi connectivity index (χ1) is 14.0. The maximum Gasteiger partial charge on any atom is 0.254 e. The highest BCUT2D eigenvalue weighted by Gasteiger charge is 2.14. The fourth-order valence-corrected chi connectivity index (χ4v) is 3.07. The quantitative estimate of drug-likeness (QED) is 0.525.